The van der Waals surface area contributed by atoms with E-state index in [9.17, 15) is 24.6 Å². The van der Waals surface area contributed by atoms with E-state index in [1.54, 1.807) is 46.8 Å². The van der Waals surface area contributed by atoms with Crippen LogP contribution in [0, 0.1) is 13.8 Å². The van der Waals surface area contributed by atoms with E-state index in [1.165, 1.54) is 0 Å². The van der Waals surface area contributed by atoms with Crippen molar-refractivity contribution in [3.63, 3.8) is 0 Å². The van der Waals surface area contributed by atoms with Gasteiger partial charge in [0.1, 0.15) is 23.4 Å². The maximum absolute atomic E-state index is 13.5. The predicted octanol–water partition coefficient (Wildman–Crippen LogP) is 4.71. The van der Waals surface area contributed by atoms with Gasteiger partial charge in [0.15, 0.2) is 5.82 Å². The molecule has 0 aliphatic carbocycles. The molecule has 1 heterocycles. The third-order valence-corrected chi connectivity index (χ3v) is 6.59. The van der Waals surface area contributed by atoms with Crippen LogP contribution in [-0.2, 0) is 22.4 Å². The summed E-state index contributed by atoms with van der Waals surface area (Å²) in [6, 6.07) is 10.9. The number of carboxylic acid groups (broad SMARTS) is 1. The first-order chi connectivity index (χ1) is 20.3. The number of carbonyl (C=O) groups excluding carboxylic acids is 2. The average Bonchev–Trinajstić information content (AvgIpc) is 3.36. The van der Waals surface area contributed by atoms with E-state index >= 15 is 0 Å². The van der Waals surface area contributed by atoms with Crippen molar-refractivity contribution in [2.45, 2.75) is 84.4 Å². The third-order valence-electron chi connectivity index (χ3n) is 6.59. The number of unbranched alkanes of at least 4 members (excludes halogenated alkanes) is 1. The molecular formula is C31H41N5O7. The Hall–Kier alpha value is -4.61. The molecule has 2 atom stereocenters. The van der Waals surface area contributed by atoms with Crippen LogP contribution in [0.3, 0.4) is 0 Å². The number of ether oxygens (including phenoxy) is 1. The molecule has 232 valence electrons. The Morgan fingerprint density at radius 2 is 1.70 bits per heavy atom. The Morgan fingerprint density at radius 3 is 2.33 bits per heavy atom. The summed E-state index contributed by atoms with van der Waals surface area (Å²) in [5.74, 6) is 0.178. The van der Waals surface area contributed by atoms with Gasteiger partial charge >= 0.3 is 12.2 Å². The van der Waals surface area contributed by atoms with Gasteiger partial charge < -0.3 is 35.4 Å². The van der Waals surface area contributed by atoms with Gasteiger partial charge in [-0.3, -0.25) is 4.79 Å². The highest BCUT2D eigenvalue weighted by Gasteiger charge is 2.28. The normalized spacial score (nSPS) is 12.7. The van der Waals surface area contributed by atoms with Gasteiger partial charge in [0, 0.05) is 19.4 Å². The van der Waals surface area contributed by atoms with Crippen molar-refractivity contribution >= 4 is 18.1 Å². The topological polar surface area (TPSA) is 176 Å². The second-order valence-electron chi connectivity index (χ2n) is 11.5. The van der Waals surface area contributed by atoms with Crippen LogP contribution in [0.25, 0.3) is 0 Å². The van der Waals surface area contributed by atoms with Crippen LogP contribution >= 0.6 is 0 Å². The fourth-order valence-electron chi connectivity index (χ4n) is 4.62. The number of benzene rings is 2. The molecule has 5 N–H and O–H groups in total. The summed E-state index contributed by atoms with van der Waals surface area (Å²) in [5.41, 5.74) is 2.61. The van der Waals surface area contributed by atoms with Crippen LogP contribution in [0.4, 0.5) is 9.59 Å². The molecule has 3 rings (SSSR count). The van der Waals surface area contributed by atoms with E-state index in [0.29, 0.717) is 38.1 Å². The highest BCUT2D eigenvalue weighted by atomic mass is 16.6. The molecular weight excluding hydrogens is 554 g/mol. The van der Waals surface area contributed by atoms with Crippen LogP contribution in [-0.4, -0.2) is 56.6 Å². The number of rotatable bonds is 13. The van der Waals surface area contributed by atoms with Crippen LogP contribution in [0.1, 0.15) is 80.0 Å². The lowest BCUT2D eigenvalue weighted by molar-refractivity contribution is -0.124. The van der Waals surface area contributed by atoms with Gasteiger partial charge in [-0.25, -0.2) is 9.59 Å². The van der Waals surface area contributed by atoms with Crippen molar-refractivity contribution in [3.05, 3.63) is 76.4 Å². The van der Waals surface area contributed by atoms with Gasteiger partial charge in [-0.2, -0.15) is 4.98 Å². The Bertz CT molecular complexity index is 1360. The second kappa shape index (κ2) is 15.0. The Morgan fingerprint density at radius 1 is 1.02 bits per heavy atom. The molecule has 0 saturated heterocycles. The van der Waals surface area contributed by atoms with Crippen molar-refractivity contribution in [1.29, 1.82) is 0 Å². The zero-order valence-electron chi connectivity index (χ0n) is 25.3. The second-order valence-corrected chi connectivity index (χ2v) is 11.5. The quantitative estimate of drug-likeness (QED) is 0.175. The van der Waals surface area contributed by atoms with Crippen molar-refractivity contribution in [1.82, 2.24) is 26.1 Å². The molecule has 3 aromatic rings. The molecule has 0 unspecified atom stereocenters. The predicted molar refractivity (Wildman–Crippen MR) is 159 cm³/mol. The number of carbonyl (C=O) groups is 3. The van der Waals surface area contributed by atoms with Gasteiger partial charge in [-0.15, -0.1) is 0 Å². The first-order valence-electron chi connectivity index (χ1n) is 14.2. The molecule has 12 heteroatoms. The number of aromatic nitrogens is 2. The maximum atomic E-state index is 13.5. The van der Waals surface area contributed by atoms with Crippen LogP contribution < -0.4 is 16.0 Å². The number of aromatic hydroxyl groups is 1. The van der Waals surface area contributed by atoms with Crippen LogP contribution in [0.2, 0.25) is 0 Å². The first-order valence-corrected chi connectivity index (χ1v) is 14.2. The average molecular weight is 596 g/mol. The van der Waals surface area contributed by atoms with E-state index in [2.05, 4.69) is 26.1 Å². The zero-order chi connectivity index (χ0) is 31.6. The van der Waals surface area contributed by atoms with Crippen molar-refractivity contribution < 1.29 is 33.9 Å². The summed E-state index contributed by atoms with van der Waals surface area (Å²) in [6.45, 7) is 9.30. The number of nitrogens with one attached hydrogen (secondary N) is 3. The lowest BCUT2D eigenvalue weighted by Crippen LogP contribution is -2.48. The number of nitrogens with zero attached hydrogens (tertiary/aromatic N) is 2. The van der Waals surface area contributed by atoms with Crippen molar-refractivity contribution in [2.24, 2.45) is 0 Å². The third kappa shape index (κ3) is 11.0. The molecule has 1 aromatic heterocycles. The monoisotopic (exact) mass is 595 g/mol. The largest absolute Gasteiger partial charge is 0.508 e. The number of alkyl carbamates (subject to hydrolysis) is 1. The summed E-state index contributed by atoms with van der Waals surface area (Å²) in [4.78, 5) is 41.6. The van der Waals surface area contributed by atoms with Gasteiger partial charge in [0.2, 0.25) is 11.8 Å². The molecule has 0 spiro atoms. The zero-order valence-corrected chi connectivity index (χ0v) is 25.3. The lowest BCUT2D eigenvalue weighted by atomic mass is 9.95. The number of aryl methyl sites for hydroxylation is 2. The number of hydrogen-bond donors (Lipinski definition) is 5. The standard InChI is InChI=1S/C31H41N5O7/c1-19-15-22(37)16-20(2)23(19)18-25(34-29(39)40)27(38)33-24(13-9-10-14-32-30(41)42-31(3,4)5)28-35-26(36-43-28)17-21-11-7-6-8-12-21/h6-8,11-12,15-16,24-25,34,37H,9-10,13-14,17-18H2,1-5H3,(H,32,41)(H,33,38)(H,39,40)/t24-,25+/m0/s1. The van der Waals surface area contributed by atoms with E-state index in [1.807, 2.05) is 30.3 Å². The van der Waals surface area contributed by atoms with E-state index in [4.69, 9.17) is 9.26 Å². The Labute approximate surface area is 251 Å². The summed E-state index contributed by atoms with van der Waals surface area (Å²) in [6.07, 6.45) is 0.207. The molecule has 3 amide bonds. The number of amides is 3. The summed E-state index contributed by atoms with van der Waals surface area (Å²) >= 11 is 0. The van der Waals surface area contributed by atoms with Gasteiger partial charge in [-0.1, -0.05) is 35.5 Å². The number of phenolic OH excluding ortho intramolecular Hbond substituents is 1. The fraction of sp³-hybridized carbons (Fsp3) is 0.452. The van der Waals surface area contributed by atoms with Gasteiger partial charge in [0.25, 0.3) is 0 Å². The number of phenols is 1. The first kappa shape index (κ1) is 32.9. The Kier molecular flexibility index (Phi) is 11.5. The SMILES string of the molecule is Cc1cc(O)cc(C)c1C[C@@H](NC(=O)O)C(=O)N[C@@H](CCCCNC(=O)OC(C)(C)C)c1nc(Cc2ccccc2)no1. The maximum Gasteiger partial charge on any atom is 0.407 e. The Balaban J connectivity index is 1.74. The molecule has 12 nitrogen and oxygen atoms in total. The molecule has 0 fully saturated rings. The fourth-order valence-corrected chi connectivity index (χ4v) is 4.62. The molecule has 2 aromatic carbocycles. The summed E-state index contributed by atoms with van der Waals surface area (Å²) < 4.78 is 10.8. The van der Waals surface area contributed by atoms with Gasteiger partial charge in [-0.05, 0) is 88.3 Å². The molecule has 0 saturated carbocycles. The van der Waals surface area contributed by atoms with Crippen molar-refractivity contribution in [3.8, 4) is 5.75 Å². The van der Waals surface area contributed by atoms with E-state index < -0.39 is 35.8 Å². The molecule has 43 heavy (non-hydrogen) atoms. The lowest BCUT2D eigenvalue weighted by Gasteiger charge is -2.22. The minimum atomic E-state index is -1.35. The van der Waals surface area contributed by atoms with Crippen molar-refractivity contribution in [2.75, 3.05) is 6.54 Å². The minimum Gasteiger partial charge on any atom is -0.508 e. The highest BCUT2D eigenvalue weighted by Crippen LogP contribution is 2.23. The molecule has 0 bridgehead atoms. The molecule has 0 aliphatic rings. The minimum absolute atomic E-state index is 0.0751. The van der Waals surface area contributed by atoms with Gasteiger partial charge in [0.05, 0.1) is 0 Å². The molecule has 0 radical (unpaired) electrons. The smallest absolute Gasteiger partial charge is 0.407 e. The summed E-state index contributed by atoms with van der Waals surface area (Å²) in [5, 5.41) is 31.4. The highest BCUT2D eigenvalue weighted by molar-refractivity contribution is 5.86. The van der Waals surface area contributed by atoms with Crippen LogP contribution in [0.5, 0.6) is 5.75 Å². The summed E-state index contributed by atoms with van der Waals surface area (Å²) in [7, 11) is 0. The number of hydrogen-bond acceptors (Lipinski definition) is 8. The van der Waals surface area contributed by atoms with E-state index in [-0.39, 0.29) is 18.1 Å². The van der Waals surface area contributed by atoms with Crippen LogP contribution in [0.15, 0.2) is 47.0 Å². The molecule has 0 aliphatic heterocycles. The van der Waals surface area contributed by atoms with E-state index in [0.717, 1.165) is 22.3 Å².